The number of nitrogens with one attached hydrogen (secondary N) is 1. The first kappa shape index (κ1) is 17.0. The first-order valence-corrected chi connectivity index (χ1v) is 8.54. The summed E-state index contributed by atoms with van der Waals surface area (Å²) in [6.07, 6.45) is 0. The Morgan fingerprint density at radius 3 is 2.58 bits per heavy atom. The summed E-state index contributed by atoms with van der Waals surface area (Å²) < 4.78 is 6.33. The van der Waals surface area contributed by atoms with E-state index in [4.69, 9.17) is 10.2 Å². The van der Waals surface area contributed by atoms with Gasteiger partial charge in [-0.25, -0.2) is 0 Å². The molecule has 6 nitrogen and oxygen atoms in total. The first-order chi connectivity index (χ1) is 11.2. The number of halogens is 1. The lowest BCUT2D eigenvalue weighted by atomic mass is 9.92. The van der Waals surface area contributed by atoms with Crippen molar-refractivity contribution in [2.75, 3.05) is 18.4 Å². The molecule has 7 heteroatoms. The second-order valence-corrected chi connectivity index (χ2v) is 7.99. The maximum atomic E-state index is 12.5. The number of fused-ring (bicyclic) bond motifs is 1. The van der Waals surface area contributed by atoms with Gasteiger partial charge in [0.2, 0.25) is 11.7 Å². The van der Waals surface area contributed by atoms with E-state index in [1.165, 1.54) is 0 Å². The van der Waals surface area contributed by atoms with Crippen LogP contribution in [0.5, 0.6) is 0 Å². The van der Waals surface area contributed by atoms with Gasteiger partial charge in [-0.3, -0.25) is 14.5 Å². The van der Waals surface area contributed by atoms with E-state index in [1.54, 1.807) is 18.2 Å². The van der Waals surface area contributed by atoms with Crippen LogP contribution < -0.4 is 11.1 Å². The van der Waals surface area contributed by atoms with Crippen molar-refractivity contribution in [1.29, 1.82) is 0 Å². The molecule has 0 atom stereocenters. The molecule has 1 aliphatic heterocycles. The average Bonchev–Trinajstić information content (AvgIpc) is 2.74. The SMILES string of the molecule is CC(C)(C)N1CC(C(=O)Nc2c(C(N)=O)oc3ccc(Br)cc23)C1. The number of primary amides is 1. The van der Waals surface area contributed by atoms with Crippen molar-refractivity contribution < 1.29 is 14.0 Å². The molecule has 24 heavy (non-hydrogen) atoms. The standard InChI is InChI=1S/C17H20BrN3O3/c1-17(2,3)21-7-9(8-21)16(23)20-13-11-6-10(18)4-5-12(11)24-14(13)15(19)22/h4-6,9H,7-8H2,1-3H3,(H2,19,22)(H,20,23). The number of carbonyl (C=O) groups excluding carboxylic acids is 2. The van der Waals surface area contributed by atoms with E-state index in [2.05, 4.69) is 46.9 Å². The van der Waals surface area contributed by atoms with E-state index in [0.29, 0.717) is 29.7 Å². The minimum Gasteiger partial charge on any atom is -0.449 e. The summed E-state index contributed by atoms with van der Waals surface area (Å²) in [5.41, 5.74) is 6.29. The summed E-state index contributed by atoms with van der Waals surface area (Å²) in [7, 11) is 0. The fourth-order valence-corrected chi connectivity index (χ4v) is 3.15. The molecule has 2 heterocycles. The van der Waals surface area contributed by atoms with Crippen LogP contribution in [0.2, 0.25) is 0 Å². The molecule has 0 aliphatic carbocycles. The fraction of sp³-hybridized carbons (Fsp3) is 0.412. The molecule has 1 aromatic heterocycles. The number of anilines is 1. The highest BCUT2D eigenvalue weighted by molar-refractivity contribution is 9.10. The van der Waals surface area contributed by atoms with Gasteiger partial charge in [0.1, 0.15) is 11.3 Å². The molecule has 0 radical (unpaired) electrons. The molecule has 0 unspecified atom stereocenters. The molecule has 1 saturated heterocycles. The summed E-state index contributed by atoms with van der Waals surface area (Å²) in [5.74, 6) is -0.964. The predicted molar refractivity (Wildman–Crippen MR) is 95.9 cm³/mol. The minimum atomic E-state index is -0.706. The molecule has 1 fully saturated rings. The number of nitrogens with zero attached hydrogens (tertiary/aromatic N) is 1. The van der Waals surface area contributed by atoms with Crippen LogP contribution in [0.1, 0.15) is 31.3 Å². The van der Waals surface area contributed by atoms with Crippen molar-refractivity contribution in [3.63, 3.8) is 0 Å². The van der Waals surface area contributed by atoms with Crippen LogP contribution in [0, 0.1) is 5.92 Å². The zero-order chi connectivity index (χ0) is 17.6. The molecule has 2 aromatic rings. The monoisotopic (exact) mass is 393 g/mol. The van der Waals surface area contributed by atoms with Crippen LogP contribution in [-0.4, -0.2) is 35.3 Å². The number of carbonyl (C=O) groups is 2. The largest absolute Gasteiger partial charge is 0.449 e. The zero-order valence-electron chi connectivity index (χ0n) is 13.9. The Morgan fingerprint density at radius 1 is 1.33 bits per heavy atom. The van der Waals surface area contributed by atoms with E-state index in [1.807, 2.05) is 0 Å². The van der Waals surface area contributed by atoms with Gasteiger partial charge >= 0.3 is 0 Å². The predicted octanol–water partition coefficient (Wildman–Crippen LogP) is 2.96. The lowest BCUT2D eigenvalue weighted by molar-refractivity contribution is -0.127. The topological polar surface area (TPSA) is 88.6 Å². The second kappa shape index (κ2) is 5.89. The average molecular weight is 394 g/mol. The lowest BCUT2D eigenvalue weighted by Crippen LogP contribution is -2.59. The molecule has 128 valence electrons. The number of amides is 2. The molecule has 0 bridgehead atoms. The fourth-order valence-electron chi connectivity index (χ4n) is 2.78. The Labute approximate surface area is 148 Å². The van der Waals surface area contributed by atoms with E-state index in [0.717, 1.165) is 4.47 Å². The Kier molecular flexibility index (Phi) is 4.17. The summed E-state index contributed by atoms with van der Waals surface area (Å²) >= 11 is 3.39. The van der Waals surface area contributed by atoms with Gasteiger partial charge in [0.15, 0.2) is 0 Å². The summed E-state index contributed by atoms with van der Waals surface area (Å²) in [6.45, 7) is 7.75. The lowest BCUT2D eigenvalue weighted by Gasteiger charge is -2.46. The van der Waals surface area contributed by atoms with Crippen LogP contribution in [0.25, 0.3) is 11.0 Å². The Hall–Kier alpha value is -1.86. The van der Waals surface area contributed by atoms with Crippen molar-refractivity contribution >= 4 is 44.4 Å². The number of likely N-dealkylation sites (tertiary alicyclic amines) is 1. The van der Waals surface area contributed by atoms with Crippen LogP contribution >= 0.6 is 15.9 Å². The van der Waals surface area contributed by atoms with E-state index < -0.39 is 5.91 Å². The molecule has 0 saturated carbocycles. The van der Waals surface area contributed by atoms with Crippen molar-refractivity contribution in [3.05, 3.63) is 28.4 Å². The van der Waals surface area contributed by atoms with Gasteiger partial charge < -0.3 is 15.5 Å². The number of furan rings is 1. The molecular weight excluding hydrogens is 374 g/mol. The molecule has 3 N–H and O–H groups in total. The van der Waals surface area contributed by atoms with Gasteiger partial charge in [0, 0.05) is 28.5 Å². The smallest absolute Gasteiger partial charge is 0.286 e. The van der Waals surface area contributed by atoms with E-state index >= 15 is 0 Å². The highest BCUT2D eigenvalue weighted by atomic mass is 79.9. The van der Waals surface area contributed by atoms with Gasteiger partial charge in [-0.15, -0.1) is 0 Å². The zero-order valence-corrected chi connectivity index (χ0v) is 15.4. The van der Waals surface area contributed by atoms with E-state index in [-0.39, 0.29) is 23.1 Å². The minimum absolute atomic E-state index is 0.0246. The normalized spacial score (nSPS) is 16.2. The molecular formula is C17H20BrN3O3. The summed E-state index contributed by atoms with van der Waals surface area (Å²) in [6, 6.07) is 5.32. The number of benzene rings is 1. The number of hydrogen-bond donors (Lipinski definition) is 2. The van der Waals surface area contributed by atoms with Crippen LogP contribution in [0.3, 0.4) is 0 Å². The Morgan fingerprint density at radius 2 is 2.00 bits per heavy atom. The summed E-state index contributed by atoms with van der Waals surface area (Å²) in [4.78, 5) is 26.4. The molecule has 0 spiro atoms. The second-order valence-electron chi connectivity index (χ2n) is 7.07. The Balaban J connectivity index is 1.84. The first-order valence-electron chi connectivity index (χ1n) is 7.74. The van der Waals surface area contributed by atoms with Gasteiger partial charge in [0.05, 0.1) is 5.92 Å². The summed E-state index contributed by atoms with van der Waals surface area (Å²) in [5, 5.41) is 3.49. The van der Waals surface area contributed by atoms with Gasteiger partial charge in [-0.05, 0) is 39.0 Å². The third kappa shape index (κ3) is 3.06. The van der Waals surface area contributed by atoms with Crippen molar-refractivity contribution in [3.8, 4) is 0 Å². The van der Waals surface area contributed by atoms with Crippen LogP contribution in [0.15, 0.2) is 27.1 Å². The maximum Gasteiger partial charge on any atom is 0.286 e. The van der Waals surface area contributed by atoms with Crippen LogP contribution in [0.4, 0.5) is 5.69 Å². The van der Waals surface area contributed by atoms with Gasteiger partial charge in [-0.1, -0.05) is 15.9 Å². The quantitative estimate of drug-likeness (QED) is 0.838. The van der Waals surface area contributed by atoms with Crippen molar-refractivity contribution in [2.45, 2.75) is 26.3 Å². The third-order valence-electron chi connectivity index (χ3n) is 4.32. The van der Waals surface area contributed by atoms with Gasteiger partial charge in [0.25, 0.3) is 5.91 Å². The molecule has 1 aromatic carbocycles. The molecule has 3 rings (SSSR count). The highest BCUT2D eigenvalue weighted by Gasteiger charge is 2.39. The maximum absolute atomic E-state index is 12.5. The number of hydrogen-bond acceptors (Lipinski definition) is 4. The van der Waals surface area contributed by atoms with E-state index in [9.17, 15) is 9.59 Å². The van der Waals surface area contributed by atoms with Crippen molar-refractivity contribution in [1.82, 2.24) is 4.90 Å². The third-order valence-corrected chi connectivity index (χ3v) is 4.82. The number of nitrogens with two attached hydrogens (primary N) is 1. The highest BCUT2D eigenvalue weighted by Crippen LogP contribution is 2.34. The molecule has 1 aliphatic rings. The Bertz CT molecular complexity index is 816. The van der Waals surface area contributed by atoms with Crippen molar-refractivity contribution in [2.24, 2.45) is 11.7 Å². The molecule has 2 amide bonds. The number of rotatable bonds is 3. The van der Waals surface area contributed by atoms with Crippen LogP contribution in [-0.2, 0) is 4.79 Å². The van der Waals surface area contributed by atoms with Gasteiger partial charge in [-0.2, -0.15) is 0 Å².